The Morgan fingerprint density at radius 3 is 2.94 bits per heavy atom. The molecule has 0 saturated carbocycles. The minimum atomic E-state index is 0.970. The van der Waals surface area contributed by atoms with E-state index in [0.717, 1.165) is 25.3 Å². The minimum Gasteiger partial charge on any atom is -0.359 e. The van der Waals surface area contributed by atoms with Crippen LogP contribution in [0.15, 0.2) is 23.3 Å². The molecule has 0 aliphatic carbocycles. The Labute approximate surface area is 97.2 Å². The monoisotopic (exact) mass is 217 g/mol. The van der Waals surface area contributed by atoms with Crippen LogP contribution in [-0.2, 0) is 0 Å². The van der Waals surface area contributed by atoms with E-state index >= 15 is 0 Å². The summed E-state index contributed by atoms with van der Waals surface area (Å²) in [5, 5.41) is 0. The molecule has 1 aliphatic heterocycles. The Kier molecular flexibility index (Phi) is 3.54. The third-order valence-corrected chi connectivity index (χ3v) is 3.06. The van der Waals surface area contributed by atoms with E-state index in [1.807, 2.05) is 12.3 Å². The van der Waals surface area contributed by atoms with Gasteiger partial charge >= 0.3 is 0 Å². The largest absolute Gasteiger partial charge is 0.359 e. The van der Waals surface area contributed by atoms with Crippen LogP contribution in [0.3, 0.4) is 0 Å². The number of pyridine rings is 1. The molecular weight excluding hydrogens is 198 g/mol. The van der Waals surface area contributed by atoms with Crippen molar-refractivity contribution in [1.82, 2.24) is 4.98 Å². The van der Waals surface area contributed by atoms with Crippen LogP contribution in [-0.4, -0.2) is 30.8 Å². The van der Waals surface area contributed by atoms with E-state index in [4.69, 9.17) is 0 Å². The average molecular weight is 217 g/mol. The predicted molar refractivity (Wildman–Crippen MR) is 68.4 cm³/mol. The first-order valence-electron chi connectivity index (χ1n) is 6.02. The molecule has 0 bridgehead atoms. The molecular formula is C13H19N3. The maximum absolute atomic E-state index is 4.63. The molecule has 0 N–H and O–H groups in total. The van der Waals surface area contributed by atoms with Gasteiger partial charge in [-0.25, -0.2) is 4.98 Å². The summed E-state index contributed by atoms with van der Waals surface area (Å²) in [7, 11) is 2.08. The highest BCUT2D eigenvalue weighted by atomic mass is 15.2. The van der Waals surface area contributed by atoms with E-state index in [0.29, 0.717) is 0 Å². The molecule has 2 heterocycles. The molecule has 1 aromatic rings. The Bertz CT molecular complexity index is 385. The number of rotatable bonds is 3. The van der Waals surface area contributed by atoms with Crippen LogP contribution in [0.5, 0.6) is 0 Å². The van der Waals surface area contributed by atoms with Crippen molar-refractivity contribution >= 4 is 11.5 Å². The summed E-state index contributed by atoms with van der Waals surface area (Å²) in [4.78, 5) is 11.3. The number of anilines is 1. The molecule has 2 rings (SSSR count). The van der Waals surface area contributed by atoms with Crippen LogP contribution >= 0.6 is 0 Å². The lowest BCUT2D eigenvalue weighted by atomic mass is 10.0. The average Bonchev–Trinajstić information content (AvgIpc) is 2.39. The van der Waals surface area contributed by atoms with Crippen LogP contribution in [0.2, 0.25) is 0 Å². The van der Waals surface area contributed by atoms with Crippen LogP contribution in [0.25, 0.3) is 0 Å². The summed E-state index contributed by atoms with van der Waals surface area (Å²) in [5.74, 6) is 1.06. The van der Waals surface area contributed by atoms with Gasteiger partial charge in [0.2, 0.25) is 0 Å². The molecule has 0 spiro atoms. The maximum Gasteiger partial charge on any atom is 0.137 e. The van der Waals surface area contributed by atoms with Gasteiger partial charge in [0.15, 0.2) is 0 Å². The highest BCUT2D eigenvalue weighted by Crippen LogP contribution is 2.21. The smallest absolute Gasteiger partial charge is 0.137 e. The SMILES string of the molecule is CCN(C)c1ncccc1C1=NCCCC1. The molecule has 86 valence electrons. The Balaban J connectivity index is 2.35. The Hall–Kier alpha value is -1.38. The van der Waals surface area contributed by atoms with Crippen molar-refractivity contribution in [3.63, 3.8) is 0 Å². The van der Waals surface area contributed by atoms with Crippen molar-refractivity contribution in [1.29, 1.82) is 0 Å². The fourth-order valence-corrected chi connectivity index (χ4v) is 1.99. The lowest BCUT2D eigenvalue weighted by Crippen LogP contribution is -2.21. The molecule has 0 radical (unpaired) electrons. The lowest BCUT2D eigenvalue weighted by Gasteiger charge is -2.21. The molecule has 0 saturated heterocycles. The second kappa shape index (κ2) is 5.10. The quantitative estimate of drug-likeness (QED) is 0.778. The number of aliphatic imine (C=N–C) groups is 1. The lowest BCUT2D eigenvalue weighted by molar-refractivity contribution is 0.738. The minimum absolute atomic E-state index is 0.970. The number of aromatic nitrogens is 1. The van der Waals surface area contributed by atoms with Gasteiger partial charge < -0.3 is 4.90 Å². The molecule has 1 aliphatic rings. The fraction of sp³-hybridized carbons (Fsp3) is 0.538. The molecule has 3 nitrogen and oxygen atoms in total. The molecule has 0 unspecified atom stereocenters. The van der Waals surface area contributed by atoms with Gasteiger partial charge in [-0.15, -0.1) is 0 Å². The first-order chi connectivity index (χ1) is 7.83. The van der Waals surface area contributed by atoms with Crippen molar-refractivity contribution in [2.75, 3.05) is 25.0 Å². The molecule has 3 heteroatoms. The van der Waals surface area contributed by atoms with E-state index in [2.05, 4.69) is 34.9 Å². The van der Waals surface area contributed by atoms with Gasteiger partial charge in [0.1, 0.15) is 5.82 Å². The van der Waals surface area contributed by atoms with Gasteiger partial charge in [-0.05, 0) is 38.3 Å². The second-order valence-electron chi connectivity index (χ2n) is 4.17. The van der Waals surface area contributed by atoms with E-state index in [-0.39, 0.29) is 0 Å². The standard InChI is InChI=1S/C13H19N3/c1-3-16(2)13-11(7-6-10-15-13)12-8-4-5-9-14-12/h6-7,10H,3-5,8-9H2,1-2H3. The zero-order chi connectivity index (χ0) is 11.4. The molecule has 0 fully saturated rings. The van der Waals surface area contributed by atoms with Crippen molar-refractivity contribution in [3.8, 4) is 0 Å². The molecule has 1 aromatic heterocycles. The van der Waals surface area contributed by atoms with Gasteiger partial charge in [-0.1, -0.05) is 0 Å². The topological polar surface area (TPSA) is 28.5 Å². The van der Waals surface area contributed by atoms with Gasteiger partial charge in [0.25, 0.3) is 0 Å². The van der Waals surface area contributed by atoms with Crippen LogP contribution in [0.1, 0.15) is 31.7 Å². The molecule has 0 atom stereocenters. The normalized spacial score (nSPS) is 15.8. The zero-order valence-electron chi connectivity index (χ0n) is 10.1. The summed E-state index contributed by atoms with van der Waals surface area (Å²) in [6, 6.07) is 4.14. The fourth-order valence-electron chi connectivity index (χ4n) is 1.99. The van der Waals surface area contributed by atoms with E-state index < -0.39 is 0 Å². The summed E-state index contributed by atoms with van der Waals surface area (Å²) >= 11 is 0. The maximum atomic E-state index is 4.63. The zero-order valence-corrected chi connectivity index (χ0v) is 10.1. The van der Waals surface area contributed by atoms with Gasteiger partial charge in [0, 0.05) is 37.6 Å². The second-order valence-corrected chi connectivity index (χ2v) is 4.17. The summed E-state index contributed by atoms with van der Waals surface area (Å²) in [6.45, 7) is 4.08. The van der Waals surface area contributed by atoms with Crippen molar-refractivity contribution in [3.05, 3.63) is 23.9 Å². The Morgan fingerprint density at radius 2 is 2.25 bits per heavy atom. The third kappa shape index (κ3) is 2.23. The summed E-state index contributed by atoms with van der Waals surface area (Å²) < 4.78 is 0. The summed E-state index contributed by atoms with van der Waals surface area (Å²) in [6.07, 6.45) is 5.43. The molecule has 0 amide bonds. The highest BCUT2D eigenvalue weighted by Gasteiger charge is 2.14. The van der Waals surface area contributed by atoms with Crippen molar-refractivity contribution in [2.24, 2.45) is 4.99 Å². The van der Waals surface area contributed by atoms with Gasteiger partial charge in [0.05, 0.1) is 0 Å². The number of nitrogens with zero attached hydrogens (tertiary/aromatic N) is 3. The highest BCUT2D eigenvalue weighted by molar-refractivity contribution is 6.04. The van der Waals surface area contributed by atoms with Gasteiger partial charge in [-0.2, -0.15) is 0 Å². The van der Waals surface area contributed by atoms with E-state index in [1.165, 1.54) is 24.1 Å². The predicted octanol–water partition coefficient (Wildman–Crippen LogP) is 2.51. The number of hydrogen-bond donors (Lipinski definition) is 0. The van der Waals surface area contributed by atoms with Crippen molar-refractivity contribution in [2.45, 2.75) is 26.2 Å². The van der Waals surface area contributed by atoms with E-state index in [1.54, 1.807) is 0 Å². The molecule has 0 aromatic carbocycles. The third-order valence-electron chi connectivity index (χ3n) is 3.06. The Morgan fingerprint density at radius 1 is 1.38 bits per heavy atom. The summed E-state index contributed by atoms with van der Waals surface area (Å²) in [5.41, 5.74) is 2.45. The molecule has 16 heavy (non-hydrogen) atoms. The van der Waals surface area contributed by atoms with Crippen molar-refractivity contribution < 1.29 is 0 Å². The first kappa shape index (κ1) is 11.1. The first-order valence-corrected chi connectivity index (χ1v) is 6.02. The van der Waals surface area contributed by atoms with E-state index in [9.17, 15) is 0 Å². The van der Waals surface area contributed by atoms with Crippen LogP contribution < -0.4 is 4.90 Å². The van der Waals surface area contributed by atoms with Gasteiger partial charge in [-0.3, -0.25) is 4.99 Å². The van der Waals surface area contributed by atoms with Crippen LogP contribution in [0.4, 0.5) is 5.82 Å². The number of hydrogen-bond acceptors (Lipinski definition) is 3. The van der Waals surface area contributed by atoms with Crippen LogP contribution in [0, 0.1) is 0 Å².